The van der Waals surface area contributed by atoms with E-state index < -0.39 is 84.6 Å². The number of methoxy groups -OCH3 is 4. The van der Waals surface area contributed by atoms with Crippen LogP contribution in [0, 0.1) is 47.3 Å². The van der Waals surface area contributed by atoms with E-state index in [2.05, 4.69) is 21.3 Å². The van der Waals surface area contributed by atoms with Gasteiger partial charge in [0.25, 0.3) is 0 Å². The van der Waals surface area contributed by atoms with E-state index >= 15 is 0 Å². The summed E-state index contributed by atoms with van der Waals surface area (Å²) in [6, 6.07) is 14.6. The molecule has 2 aromatic carbocycles. The van der Waals surface area contributed by atoms with Gasteiger partial charge >= 0.3 is 0 Å². The molecule has 0 aromatic heterocycles. The molecule has 6 N–H and O–H groups in total. The predicted octanol–water partition coefficient (Wildman–Crippen LogP) is 7.34. The summed E-state index contributed by atoms with van der Waals surface area (Å²) < 4.78 is 23.9. The number of carbonyl (C=O) groups excluding carboxylic acids is 8. The molecule has 0 bridgehead atoms. The SMILES string of the molecule is C.CC[C@H](C)[C@@H]([C@@H](CC(=O)N1CCC[C@H]1[C@H](OC)[C@@H](C)C(=O)N[C@@H](CO)Cc1ccccc1)OC)N(C)C(=O)C(NC(=O)[C@H](C(C)C)N(C)C)C(C)C.CC[C@H](C)[C@@H]([C@@H](CC(=O)N1CCC[C@H]1[C@H](OC)[C@@H](C)C(=O)N[C@H](CO)Cc1ccccc1)OC)N(C)C(=O)C(NC(=O)[C@H](C(C)C)N(C)C)C(C)C. The van der Waals surface area contributed by atoms with Crippen LogP contribution < -0.4 is 21.3 Å². The molecule has 4 rings (SSSR count). The average molecular weight is 1480 g/mol. The third kappa shape index (κ3) is 27.2. The van der Waals surface area contributed by atoms with Crippen LogP contribution in [-0.4, -0.2) is 269 Å². The van der Waals surface area contributed by atoms with Gasteiger partial charge in [-0.05, 0) is 113 Å². The van der Waals surface area contributed by atoms with E-state index in [9.17, 15) is 48.6 Å². The fourth-order valence-electron chi connectivity index (χ4n) is 15.6. The summed E-state index contributed by atoms with van der Waals surface area (Å²) in [4.78, 5) is 121. The fraction of sp³-hybridized carbons (Fsp3) is 0.753. The highest BCUT2D eigenvalue weighted by molar-refractivity contribution is 5.91. The van der Waals surface area contributed by atoms with Gasteiger partial charge in [0.1, 0.15) is 12.1 Å². The van der Waals surface area contributed by atoms with Crippen LogP contribution in [0.15, 0.2) is 60.7 Å². The van der Waals surface area contributed by atoms with Crippen molar-refractivity contribution in [3.8, 4) is 0 Å². The Labute approximate surface area is 632 Å². The summed E-state index contributed by atoms with van der Waals surface area (Å²) in [5, 5.41) is 32.1. The van der Waals surface area contributed by atoms with Crippen molar-refractivity contribution in [3.05, 3.63) is 71.8 Å². The van der Waals surface area contributed by atoms with E-state index in [1.165, 1.54) is 0 Å². The van der Waals surface area contributed by atoms with Crippen molar-refractivity contribution in [1.29, 1.82) is 0 Å². The number of carbonyl (C=O) groups is 8. The van der Waals surface area contributed by atoms with Crippen LogP contribution in [0.3, 0.4) is 0 Å². The van der Waals surface area contributed by atoms with Crippen molar-refractivity contribution in [3.63, 3.8) is 0 Å². The second-order valence-electron chi connectivity index (χ2n) is 31.1. The Balaban J connectivity index is 0.000000707. The first-order valence-corrected chi connectivity index (χ1v) is 38.1. The van der Waals surface area contributed by atoms with E-state index in [4.69, 9.17) is 18.9 Å². The number of amides is 8. The Morgan fingerprint density at radius 2 is 0.781 bits per heavy atom. The molecule has 600 valence electrons. The molecule has 0 saturated carbocycles. The van der Waals surface area contributed by atoms with E-state index in [1.807, 2.05) is 182 Å². The summed E-state index contributed by atoms with van der Waals surface area (Å²) in [6.45, 7) is 28.0. The largest absolute Gasteiger partial charge is 0.394 e. The van der Waals surface area contributed by atoms with Crippen LogP contribution in [0.5, 0.6) is 0 Å². The summed E-state index contributed by atoms with van der Waals surface area (Å²) in [5.74, 6) is -3.04. The van der Waals surface area contributed by atoms with Crippen molar-refractivity contribution < 1.29 is 67.5 Å². The number of likely N-dealkylation sites (tertiary alicyclic amines) is 2. The van der Waals surface area contributed by atoms with Crippen molar-refractivity contribution in [2.75, 3.05) is 97.0 Å². The lowest BCUT2D eigenvalue weighted by Crippen LogP contribution is -2.59. The smallest absolute Gasteiger partial charge is 0.245 e. The van der Waals surface area contributed by atoms with E-state index in [1.54, 1.807) is 76.0 Å². The molecular weight excluding hydrogens is 1340 g/mol. The van der Waals surface area contributed by atoms with Crippen LogP contribution in [0.4, 0.5) is 0 Å². The number of hydrogen-bond donors (Lipinski definition) is 6. The van der Waals surface area contributed by atoms with Gasteiger partial charge in [0.05, 0.1) is 111 Å². The lowest BCUT2D eigenvalue weighted by Gasteiger charge is -2.41. The van der Waals surface area contributed by atoms with Gasteiger partial charge in [-0.1, -0.05) is 178 Å². The van der Waals surface area contributed by atoms with Crippen molar-refractivity contribution in [2.24, 2.45) is 47.3 Å². The number of aliphatic hydroxyl groups is 2. The summed E-state index contributed by atoms with van der Waals surface area (Å²) in [6.07, 6.45) is 3.09. The average Bonchev–Trinajstić information content (AvgIpc) is 1.80. The van der Waals surface area contributed by atoms with E-state index in [-0.39, 0.29) is 128 Å². The minimum atomic E-state index is -0.755. The van der Waals surface area contributed by atoms with Gasteiger partial charge in [0, 0.05) is 55.6 Å². The van der Waals surface area contributed by atoms with Crippen molar-refractivity contribution in [2.45, 2.75) is 253 Å². The molecule has 18 atom stereocenters. The molecule has 8 amide bonds. The highest BCUT2D eigenvalue weighted by Gasteiger charge is 2.46. The van der Waals surface area contributed by atoms with Crippen molar-refractivity contribution >= 4 is 47.3 Å². The Hall–Kier alpha value is -6.12. The van der Waals surface area contributed by atoms with Gasteiger partial charge in [-0.2, -0.15) is 0 Å². The molecule has 105 heavy (non-hydrogen) atoms. The molecule has 2 aliphatic heterocycles. The number of benzene rings is 2. The van der Waals surface area contributed by atoms with Crippen LogP contribution in [0.1, 0.15) is 167 Å². The molecule has 0 radical (unpaired) electrons. The first kappa shape index (κ1) is 95.0. The number of ether oxygens (including phenoxy) is 4. The number of likely N-dealkylation sites (N-methyl/N-ethyl adjacent to an activating group) is 4. The molecular formula is C81H142N10O14. The molecule has 24 nitrogen and oxygen atoms in total. The molecule has 0 aliphatic carbocycles. The van der Waals surface area contributed by atoms with Gasteiger partial charge < -0.3 is 70.0 Å². The number of nitrogens with zero attached hydrogens (tertiary/aromatic N) is 6. The third-order valence-corrected chi connectivity index (χ3v) is 21.7. The Bertz CT molecular complexity index is 2700. The van der Waals surface area contributed by atoms with Crippen LogP contribution in [0.2, 0.25) is 0 Å². The topological polar surface area (TPSA) is 281 Å². The minimum Gasteiger partial charge on any atom is -0.394 e. The lowest BCUT2D eigenvalue weighted by molar-refractivity contribution is -0.148. The number of hydrogen-bond acceptors (Lipinski definition) is 16. The summed E-state index contributed by atoms with van der Waals surface area (Å²) >= 11 is 0. The molecule has 2 heterocycles. The maximum absolute atomic E-state index is 14.2. The number of nitrogens with one attached hydrogen (secondary N) is 4. The Morgan fingerprint density at radius 3 is 1.03 bits per heavy atom. The highest BCUT2D eigenvalue weighted by atomic mass is 16.5. The van der Waals surface area contributed by atoms with Gasteiger partial charge in [-0.25, -0.2) is 0 Å². The van der Waals surface area contributed by atoms with Crippen LogP contribution in [0.25, 0.3) is 0 Å². The van der Waals surface area contributed by atoms with Gasteiger partial charge in [-0.3, -0.25) is 48.2 Å². The number of aliphatic hydroxyl groups excluding tert-OH is 2. The first-order valence-electron chi connectivity index (χ1n) is 38.1. The predicted molar refractivity (Wildman–Crippen MR) is 415 cm³/mol. The molecule has 24 heteroatoms. The molecule has 2 aromatic rings. The molecule has 2 saturated heterocycles. The first-order chi connectivity index (χ1) is 49.1. The van der Waals surface area contributed by atoms with Crippen LogP contribution in [-0.2, 0) is 70.1 Å². The standard InChI is InChI=1S/2C40H69N5O7.CH4/c2*1-13-27(6)36(44(10)40(50)34(25(2)3)42-39(49)35(26(4)5)43(8)9)32(51-11)23-33(47)45-21-17-20-31(45)37(52-12)28(7)38(48)41-30(24-46)22-29-18-15-14-16-19-29;/h2*14-16,18-19,25-28,30-32,34-37,46H,13,17,20-24H2,1-12H3,(H,41,48)(H,42,49);1H4/t27-,28+,30+,31-,32+,34?,35-,36-,37+;27-,28+,30-,31-,32+,34?,35-,36-,37+;/m00./s1. The molecule has 0 spiro atoms. The molecule has 2 fully saturated rings. The minimum absolute atomic E-state index is 0. The fourth-order valence-corrected chi connectivity index (χ4v) is 15.6. The normalized spacial score (nSPS) is 19.3. The van der Waals surface area contributed by atoms with Gasteiger partial charge in [0.15, 0.2) is 0 Å². The monoisotopic (exact) mass is 1480 g/mol. The summed E-state index contributed by atoms with van der Waals surface area (Å²) in [5.41, 5.74) is 2.02. The second-order valence-corrected chi connectivity index (χ2v) is 31.1. The molecule has 2 aliphatic rings. The van der Waals surface area contributed by atoms with Gasteiger partial charge in [0.2, 0.25) is 47.3 Å². The van der Waals surface area contributed by atoms with Gasteiger partial charge in [-0.15, -0.1) is 0 Å². The summed E-state index contributed by atoms with van der Waals surface area (Å²) in [7, 11) is 17.2. The quantitative estimate of drug-likeness (QED) is 0.0379. The number of rotatable bonds is 42. The maximum Gasteiger partial charge on any atom is 0.245 e. The molecule has 2 unspecified atom stereocenters. The van der Waals surface area contributed by atoms with Crippen LogP contribution >= 0.6 is 0 Å². The highest BCUT2D eigenvalue weighted by Crippen LogP contribution is 2.33. The van der Waals surface area contributed by atoms with E-state index in [0.717, 1.165) is 36.8 Å². The Kier molecular flexibility index (Phi) is 42.5. The zero-order valence-corrected chi connectivity index (χ0v) is 67.9. The second kappa shape index (κ2) is 47.0. The lowest BCUT2D eigenvalue weighted by atomic mass is 9.89. The zero-order chi connectivity index (χ0) is 78.6. The van der Waals surface area contributed by atoms with E-state index in [0.29, 0.717) is 38.8 Å². The third-order valence-electron chi connectivity index (χ3n) is 21.7. The maximum atomic E-state index is 14.2. The Morgan fingerprint density at radius 1 is 0.467 bits per heavy atom. The van der Waals surface area contributed by atoms with Crippen molar-refractivity contribution in [1.82, 2.24) is 50.7 Å². The zero-order valence-electron chi connectivity index (χ0n) is 67.9.